The first kappa shape index (κ1) is 11.3. The number of rotatable bonds is 3. The first-order valence-corrected chi connectivity index (χ1v) is 6.21. The molecule has 0 aliphatic carbocycles. The Kier molecular flexibility index (Phi) is 3.35. The zero-order valence-corrected chi connectivity index (χ0v) is 10.9. The number of aryl methyl sites for hydroxylation is 1. The molecule has 7 heteroatoms. The summed E-state index contributed by atoms with van der Waals surface area (Å²) in [5, 5.41) is 7.04. The number of nitrogens with one attached hydrogen (secondary N) is 1. The van der Waals surface area contributed by atoms with Gasteiger partial charge in [0.2, 0.25) is 0 Å². The molecule has 0 saturated carbocycles. The van der Waals surface area contributed by atoms with Crippen LogP contribution >= 0.6 is 27.5 Å². The molecule has 0 bridgehead atoms. The highest BCUT2D eigenvalue weighted by atomic mass is 79.9. The van der Waals surface area contributed by atoms with Gasteiger partial charge in [-0.2, -0.15) is 0 Å². The summed E-state index contributed by atoms with van der Waals surface area (Å²) in [7, 11) is 0. The van der Waals surface area contributed by atoms with Gasteiger partial charge in [0.05, 0.1) is 6.20 Å². The van der Waals surface area contributed by atoms with Crippen molar-refractivity contribution in [2.75, 3.05) is 5.32 Å². The molecular weight excluding hydrogens is 292 g/mol. The Labute approximate surface area is 105 Å². The molecule has 0 saturated heterocycles. The molecule has 0 unspecified atom stereocenters. The number of amides is 1. The monoisotopic (exact) mass is 300 g/mol. The van der Waals surface area contributed by atoms with Crippen molar-refractivity contribution < 1.29 is 4.79 Å². The topological polar surface area (TPSA) is 59.8 Å². The minimum absolute atomic E-state index is 0.154. The molecule has 5 nitrogen and oxygen atoms in total. The van der Waals surface area contributed by atoms with Gasteiger partial charge in [0.15, 0.2) is 0 Å². The average molecular weight is 301 g/mol. The molecule has 0 fully saturated rings. The maximum atomic E-state index is 11.9. The van der Waals surface area contributed by atoms with Crippen LogP contribution in [0.5, 0.6) is 0 Å². The normalized spacial score (nSPS) is 10.4. The highest BCUT2D eigenvalue weighted by Crippen LogP contribution is 2.17. The zero-order valence-electron chi connectivity index (χ0n) is 8.48. The Bertz CT molecular complexity index is 494. The molecule has 1 N–H and O–H groups in total. The molecule has 0 aliphatic heterocycles. The van der Waals surface area contributed by atoms with Crippen LogP contribution in [0.1, 0.15) is 17.4 Å². The van der Waals surface area contributed by atoms with E-state index in [4.69, 9.17) is 0 Å². The van der Waals surface area contributed by atoms with Crippen molar-refractivity contribution in [1.82, 2.24) is 14.2 Å². The van der Waals surface area contributed by atoms with Gasteiger partial charge in [-0.3, -0.25) is 4.79 Å². The molecule has 2 aromatic rings. The smallest absolute Gasteiger partial charge is 0.273 e. The number of carbonyl (C=O) groups is 1. The number of carbonyl (C=O) groups excluding carboxylic acids is 1. The van der Waals surface area contributed by atoms with Crippen LogP contribution in [0.3, 0.4) is 0 Å². The Balaban J connectivity index is 2.20. The minimum atomic E-state index is -0.154. The van der Waals surface area contributed by atoms with Gasteiger partial charge in [0.25, 0.3) is 5.91 Å². The molecule has 0 spiro atoms. The third kappa shape index (κ3) is 2.30. The number of aromatic nitrogens is 3. The molecule has 2 heterocycles. The average Bonchev–Trinajstić information content (AvgIpc) is 2.86. The SMILES string of the molecule is CCn1cc(Br)cc1C(=O)Nc1cnns1. The predicted molar refractivity (Wildman–Crippen MR) is 65.7 cm³/mol. The number of anilines is 1. The summed E-state index contributed by atoms with van der Waals surface area (Å²) in [6.45, 7) is 2.73. The van der Waals surface area contributed by atoms with Crippen molar-refractivity contribution in [1.29, 1.82) is 0 Å². The first-order valence-electron chi connectivity index (χ1n) is 4.65. The van der Waals surface area contributed by atoms with E-state index in [1.807, 2.05) is 17.7 Å². The summed E-state index contributed by atoms with van der Waals surface area (Å²) in [6.07, 6.45) is 3.40. The van der Waals surface area contributed by atoms with E-state index >= 15 is 0 Å². The lowest BCUT2D eigenvalue weighted by Crippen LogP contribution is -2.15. The largest absolute Gasteiger partial charge is 0.343 e. The van der Waals surface area contributed by atoms with Crippen LogP contribution in [0.4, 0.5) is 5.00 Å². The van der Waals surface area contributed by atoms with Crippen molar-refractivity contribution in [2.45, 2.75) is 13.5 Å². The van der Waals surface area contributed by atoms with Gasteiger partial charge in [-0.15, -0.1) is 5.10 Å². The van der Waals surface area contributed by atoms with Crippen molar-refractivity contribution >= 4 is 38.4 Å². The Hall–Kier alpha value is -1.21. The van der Waals surface area contributed by atoms with Crippen LogP contribution in [0.25, 0.3) is 0 Å². The molecule has 84 valence electrons. The van der Waals surface area contributed by atoms with Crippen LogP contribution in [0.2, 0.25) is 0 Å². The highest BCUT2D eigenvalue weighted by Gasteiger charge is 2.13. The second kappa shape index (κ2) is 4.75. The predicted octanol–water partition coefficient (Wildman–Crippen LogP) is 2.37. The van der Waals surface area contributed by atoms with Crippen LogP contribution in [0.15, 0.2) is 22.9 Å². The van der Waals surface area contributed by atoms with Crippen LogP contribution in [-0.2, 0) is 6.54 Å². The van der Waals surface area contributed by atoms with E-state index in [1.54, 1.807) is 6.07 Å². The van der Waals surface area contributed by atoms with Crippen molar-refractivity contribution in [3.05, 3.63) is 28.6 Å². The van der Waals surface area contributed by atoms with E-state index in [1.165, 1.54) is 6.20 Å². The van der Waals surface area contributed by atoms with Crippen molar-refractivity contribution in [2.24, 2.45) is 0 Å². The molecular formula is C9H9BrN4OS. The van der Waals surface area contributed by atoms with Crippen molar-refractivity contribution in [3.8, 4) is 0 Å². The van der Waals surface area contributed by atoms with E-state index in [9.17, 15) is 4.79 Å². The second-order valence-electron chi connectivity index (χ2n) is 3.07. The van der Waals surface area contributed by atoms with Crippen LogP contribution in [0, 0.1) is 0 Å². The minimum Gasteiger partial charge on any atom is -0.343 e. The van der Waals surface area contributed by atoms with Crippen LogP contribution < -0.4 is 5.32 Å². The molecule has 0 aromatic carbocycles. The lowest BCUT2D eigenvalue weighted by molar-refractivity contribution is 0.101. The Morgan fingerprint density at radius 2 is 2.50 bits per heavy atom. The van der Waals surface area contributed by atoms with Gasteiger partial charge in [0, 0.05) is 28.7 Å². The second-order valence-corrected chi connectivity index (χ2v) is 4.77. The summed E-state index contributed by atoms with van der Waals surface area (Å²) in [6, 6.07) is 1.79. The summed E-state index contributed by atoms with van der Waals surface area (Å²) in [4.78, 5) is 11.9. The summed E-state index contributed by atoms with van der Waals surface area (Å²) < 4.78 is 6.44. The molecule has 1 amide bonds. The van der Waals surface area contributed by atoms with E-state index in [-0.39, 0.29) is 5.91 Å². The van der Waals surface area contributed by atoms with Gasteiger partial charge >= 0.3 is 0 Å². The lowest BCUT2D eigenvalue weighted by Gasteiger charge is -2.04. The van der Waals surface area contributed by atoms with Gasteiger partial charge in [-0.05, 0) is 28.9 Å². The summed E-state index contributed by atoms with van der Waals surface area (Å²) in [5.74, 6) is -0.154. The number of hydrogen-bond acceptors (Lipinski definition) is 4. The maximum absolute atomic E-state index is 11.9. The number of hydrogen-bond donors (Lipinski definition) is 1. The first-order chi connectivity index (χ1) is 7.70. The fourth-order valence-corrected chi connectivity index (χ4v) is 2.20. The summed E-state index contributed by atoms with van der Waals surface area (Å²) >= 11 is 4.50. The molecule has 16 heavy (non-hydrogen) atoms. The lowest BCUT2D eigenvalue weighted by atomic mass is 10.4. The van der Waals surface area contributed by atoms with Crippen LogP contribution in [-0.4, -0.2) is 20.1 Å². The standard InChI is InChI=1S/C9H9BrN4OS/c1-2-14-5-6(10)3-7(14)9(15)12-8-4-11-13-16-8/h3-5H,2H2,1H3,(H,12,15). The molecule has 0 aliphatic rings. The fourth-order valence-electron chi connectivity index (χ4n) is 1.32. The molecule has 0 atom stereocenters. The fraction of sp³-hybridized carbons (Fsp3) is 0.222. The summed E-state index contributed by atoms with van der Waals surface area (Å²) in [5.41, 5.74) is 0.614. The Morgan fingerprint density at radius 3 is 3.12 bits per heavy atom. The zero-order chi connectivity index (χ0) is 11.5. The van der Waals surface area contributed by atoms with E-state index in [2.05, 4.69) is 30.8 Å². The highest BCUT2D eigenvalue weighted by molar-refractivity contribution is 9.10. The van der Waals surface area contributed by atoms with E-state index in [0.29, 0.717) is 10.7 Å². The number of halogens is 1. The third-order valence-corrected chi connectivity index (χ3v) is 3.05. The van der Waals surface area contributed by atoms with E-state index in [0.717, 1.165) is 22.5 Å². The molecule has 2 rings (SSSR count). The van der Waals surface area contributed by atoms with Gasteiger partial charge in [0.1, 0.15) is 10.7 Å². The quantitative estimate of drug-likeness (QED) is 0.947. The molecule has 2 aromatic heterocycles. The van der Waals surface area contributed by atoms with E-state index < -0.39 is 0 Å². The third-order valence-electron chi connectivity index (χ3n) is 2.03. The molecule has 0 radical (unpaired) electrons. The van der Waals surface area contributed by atoms with Gasteiger partial charge < -0.3 is 9.88 Å². The number of nitrogens with zero attached hydrogens (tertiary/aromatic N) is 3. The van der Waals surface area contributed by atoms with Gasteiger partial charge in [-0.1, -0.05) is 4.49 Å². The van der Waals surface area contributed by atoms with Crippen molar-refractivity contribution in [3.63, 3.8) is 0 Å². The maximum Gasteiger partial charge on any atom is 0.273 e. The Morgan fingerprint density at radius 1 is 1.69 bits per heavy atom. The van der Waals surface area contributed by atoms with Gasteiger partial charge in [-0.25, -0.2) is 0 Å².